The summed E-state index contributed by atoms with van der Waals surface area (Å²) < 4.78 is 32.2. The van der Waals surface area contributed by atoms with Crippen LogP contribution >= 0.6 is 11.8 Å². The third-order valence-electron chi connectivity index (χ3n) is 7.52. The van der Waals surface area contributed by atoms with Gasteiger partial charge >= 0.3 is 0 Å². The Balaban J connectivity index is 1.39. The molecule has 2 aromatic heterocycles. The lowest BCUT2D eigenvalue weighted by molar-refractivity contribution is 0.228. The van der Waals surface area contributed by atoms with Crippen LogP contribution in [0.15, 0.2) is 69.5 Å². The standard InChI is InChI=1S/C31H40N8O3S2/c1-22-8-6-7-9-24(22)21-44(40,41)26-12-10-25(11-13-26)43-31-33-29(32-27-20-23(2)35-36-27)28(42-5)30(34-31)39-18-16-38(17-19-39)15-14-37(3)4/h6-13,20H,14-19,21H2,1-5H3,(H2,32,33,34,35,36). The summed E-state index contributed by atoms with van der Waals surface area (Å²) in [4.78, 5) is 17.7. The van der Waals surface area contributed by atoms with Crippen LogP contribution in [-0.2, 0) is 15.6 Å². The minimum atomic E-state index is -3.50. The first-order chi connectivity index (χ1) is 21.1. The topological polar surface area (TPSA) is 120 Å². The molecule has 4 aromatic rings. The molecule has 0 radical (unpaired) electrons. The van der Waals surface area contributed by atoms with Crippen molar-refractivity contribution in [3.05, 3.63) is 71.4 Å². The zero-order valence-electron chi connectivity index (χ0n) is 25.9. The van der Waals surface area contributed by atoms with Crippen LogP contribution < -0.4 is 15.0 Å². The highest BCUT2D eigenvalue weighted by Gasteiger charge is 2.25. The molecule has 1 fully saturated rings. The highest BCUT2D eigenvalue weighted by molar-refractivity contribution is 7.99. The van der Waals surface area contributed by atoms with E-state index < -0.39 is 9.84 Å². The number of likely N-dealkylation sites (N-methyl/N-ethyl adjacent to an activating group) is 1. The lowest BCUT2D eigenvalue weighted by Gasteiger charge is -2.36. The quantitative estimate of drug-likeness (QED) is 0.216. The fourth-order valence-corrected chi connectivity index (χ4v) is 7.16. The minimum Gasteiger partial charge on any atom is -0.490 e. The second kappa shape index (κ2) is 14.0. The van der Waals surface area contributed by atoms with Gasteiger partial charge in [-0.3, -0.25) is 10.00 Å². The maximum atomic E-state index is 13.2. The van der Waals surface area contributed by atoms with E-state index in [2.05, 4.69) is 44.3 Å². The van der Waals surface area contributed by atoms with Crippen molar-refractivity contribution in [2.75, 3.05) is 70.7 Å². The number of piperazine rings is 1. The zero-order valence-corrected chi connectivity index (χ0v) is 27.5. The summed E-state index contributed by atoms with van der Waals surface area (Å²) in [6.45, 7) is 9.34. The third kappa shape index (κ3) is 7.89. The number of hydrogen-bond donors (Lipinski definition) is 2. The van der Waals surface area contributed by atoms with Crippen LogP contribution in [0.25, 0.3) is 0 Å². The van der Waals surface area contributed by atoms with Crippen LogP contribution in [0.3, 0.4) is 0 Å². The van der Waals surface area contributed by atoms with Gasteiger partial charge in [-0.05, 0) is 75.1 Å². The maximum absolute atomic E-state index is 13.2. The van der Waals surface area contributed by atoms with Crippen LogP contribution in [0, 0.1) is 13.8 Å². The Hall–Kier alpha value is -3.65. The monoisotopic (exact) mass is 636 g/mol. The van der Waals surface area contributed by atoms with E-state index in [1.807, 2.05) is 44.2 Å². The van der Waals surface area contributed by atoms with Gasteiger partial charge in [-0.25, -0.2) is 18.4 Å². The minimum absolute atomic E-state index is 0.0405. The van der Waals surface area contributed by atoms with Crippen molar-refractivity contribution < 1.29 is 13.2 Å². The molecule has 2 N–H and O–H groups in total. The molecule has 0 spiro atoms. The van der Waals surface area contributed by atoms with Gasteiger partial charge in [0.05, 0.1) is 17.8 Å². The number of aryl methyl sites for hydroxylation is 2. The highest BCUT2D eigenvalue weighted by atomic mass is 32.2. The average Bonchev–Trinajstić information content (AvgIpc) is 3.41. The van der Waals surface area contributed by atoms with E-state index in [0.717, 1.165) is 61.0 Å². The Kier molecular flexibility index (Phi) is 10.1. The number of benzene rings is 2. The lowest BCUT2D eigenvalue weighted by Crippen LogP contribution is -2.48. The summed E-state index contributed by atoms with van der Waals surface area (Å²) in [6.07, 6.45) is 0. The van der Waals surface area contributed by atoms with Crippen LogP contribution in [0.4, 0.5) is 17.5 Å². The average molecular weight is 637 g/mol. The van der Waals surface area contributed by atoms with Gasteiger partial charge < -0.3 is 19.9 Å². The van der Waals surface area contributed by atoms with Gasteiger partial charge in [0.25, 0.3) is 0 Å². The first-order valence-corrected chi connectivity index (χ1v) is 17.0. The van der Waals surface area contributed by atoms with Crippen molar-refractivity contribution in [1.29, 1.82) is 0 Å². The number of methoxy groups -OCH3 is 1. The molecule has 1 saturated heterocycles. The molecule has 0 amide bonds. The fourth-order valence-electron chi connectivity index (χ4n) is 4.96. The Bertz CT molecular complexity index is 1670. The molecule has 44 heavy (non-hydrogen) atoms. The molecule has 0 saturated carbocycles. The zero-order chi connectivity index (χ0) is 31.3. The van der Waals surface area contributed by atoms with E-state index in [0.29, 0.717) is 28.4 Å². The third-order valence-corrected chi connectivity index (χ3v) is 10.1. The second-order valence-corrected chi connectivity index (χ2v) is 14.2. The van der Waals surface area contributed by atoms with Gasteiger partial charge in [-0.15, -0.1) is 0 Å². The van der Waals surface area contributed by atoms with Crippen LogP contribution in [0.5, 0.6) is 5.75 Å². The maximum Gasteiger partial charge on any atom is 0.204 e. The molecular formula is C31H40N8O3S2. The fraction of sp³-hybridized carbons (Fsp3) is 0.387. The second-order valence-electron chi connectivity index (χ2n) is 11.2. The highest BCUT2D eigenvalue weighted by Crippen LogP contribution is 2.38. The normalized spacial score (nSPS) is 14.3. The van der Waals surface area contributed by atoms with E-state index >= 15 is 0 Å². The van der Waals surface area contributed by atoms with Crippen LogP contribution in [0.1, 0.15) is 16.8 Å². The van der Waals surface area contributed by atoms with Crippen molar-refractivity contribution >= 4 is 39.1 Å². The van der Waals surface area contributed by atoms with Crippen molar-refractivity contribution in [1.82, 2.24) is 30.0 Å². The number of rotatable bonds is 12. The number of hydrogen-bond acceptors (Lipinski definition) is 11. The van der Waals surface area contributed by atoms with Crippen molar-refractivity contribution in [2.24, 2.45) is 0 Å². The van der Waals surface area contributed by atoms with E-state index in [4.69, 9.17) is 14.7 Å². The summed E-state index contributed by atoms with van der Waals surface area (Å²) in [5, 5.41) is 11.1. The molecule has 13 heteroatoms. The molecule has 0 bridgehead atoms. The molecule has 2 aromatic carbocycles. The predicted octanol–water partition coefficient (Wildman–Crippen LogP) is 4.38. The van der Waals surface area contributed by atoms with Crippen molar-refractivity contribution in [3.63, 3.8) is 0 Å². The van der Waals surface area contributed by atoms with E-state index in [1.54, 1.807) is 31.4 Å². The van der Waals surface area contributed by atoms with Gasteiger partial charge in [-0.2, -0.15) is 5.10 Å². The first-order valence-electron chi connectivity index (χ1n) is 14.5. The Labute approximate surface area is 264 Å². The van der Waals surface area contributed by atoms with Crippen molar-refractivity contribution in [3.8, 4) is 5.75 Å². The Morgan fingerprint density at radius 1 is 1.02 bits per heavy atom. The predicted molar refractivity (Wildman–Crippen MR) is 175 cm³/mol. The smallest absolute Gasteiger partial charge is 0.204 e. The number of nitrogens with one attached hydrogen (secondary N) is 2. The summed E-state index contributed by atoms with van der Waals surface area (Å²) in [5.41, 5.74) is 2.68. The largest absolute Gasteiger partial charge is 0.490 e. The summed E-state index contributed by atoms with van der Waals surface area (Å²) in [5.74, 6) is 2.36. The molecule has 1 aliphatic heterocycles. The summed E-state index contributed by atoms with van der Waals surface area (Å²) in [7, 11) is 2.31. The molecule has 5 rings (SSSR count). The SMILES string of the molecule is COc1c(Nc2cc(C)[nH]n2)nc(Sc2ccc(S(=O)(=O)Cc3ccccc3C)cc2)nc1N1CCN(CCN(C)C)CC1. The number of aromatic nitrogens is 4. The number of ether oxygens (including phenoxy) is 1. The Morgan fingerprint density at radius 3 is 2.39 bits per heavy atom. The van der Waals surface area contributed by atoms with E-state index in [9.17, 15) is 8.42 Å². The molecule has 0 unspecified atom stereocenters. The van der Waals surface area contributed by atoms with Crippen LogP contribution in [-0.4, -0.2) is 98.9 Å². The molecule has 0 atom stereocenters. The molecule has 3 heterocycles. The first kappa shape index (κ1) is 31.8. The van der Waals surface area contributed by atoms with Gasteiger partial charge in [0.1, 0.15) is 0 Å². The van der Waals surface area contributed by atoms with Gasteiger partial charge in [0.15, 0.2) is 32.4 Å². The van der Waals surface area contributed by atoms with Crippen molar-refractivity contribution in [2.45, 2.75) is 34.5 Å². The summed E-state index contributed by atoms with van der Waals surface area (Å²) in [6, 6.07) is 16.4. The lowest BCUT2D eigenvalue weighted by atomic mass is 10.1. The molecule has 11 nitrogen and oxygen atoms in total. The molecule has 234 valence electrons. The number of nitrogens with zero attached hydrogens (tertiary/aromatic N) is 6. The van der Waals surface area contributed by atoms with Gasteiger partial charge in [-0.1, -0.05) is 24.3 Å². The number of H-pyrrole nitrogens is 1. The Morgan fingerprint density at radius 2 is 1.75 bits per heavy atom. The van der Waals surface area contributed by atoms with E-state index in [-0.39, 0.29) is 10.6 Å². The number of anilines is 3. The number of aromatic amines is 1. The molecule has 1 aliphatic rings. The summed E-state index contributed by atoms with van der Waals surface area (Å²) >= 11 is 1.37. The van der Waals surface area contributed by atoms with E-state index in [1.165, 1.54) is 11.8 Å². The number of sulfone groups is 1. The van der Waals surface area contributed by atoms with Gasteiger partial charge in [0.2, 0.25) is 5.75 Å². The van der Waals surface area contributed by atoms with Crippen LogP contribution in [0.2, 0.25) is 0 Å². The van der Waals surface area contributed by atoms with Gasteiger partial charge in [0, 0.05) is 55.9 Å². The molecule has 0 aliphatic carbocycles. The molecular weight excluding hydrogens is 597 g/mol.